The second kappa shape index (κ2) is 4.00. The fourth-order valence-electron chi connectivity index (χ4n) is 1.54. The summed E-state index contributed by atoms with van der Waals surface area (Å²) in [6.07, 6.45) is 6.94. The van der Waals surface area contributed by atoms with Gasteiger partial charge in [0.1, 0.15) is 6.33 Å². The Morgan fingerprint density at radius 1 is 1.40 bits per heavy atom. The van der Waals surface area contributed by atoms with Crippen molar-refractivity contribution in [2.24, 2.45) is 4.99 Å². The molecule has 3 nitrogen and oxygen atoms in total. The van der Waals surface area contributed by atoms with Crippen LogP contribution in [0.2, 0.25) is 0 Å². The lowest BCUT2D eigenvalue weighted by Gasteiger charge is -2.04. The molecule has 0 N–H and O–H groups in total. The second-order valence-electron chi connectivity index (χ2n) is 3.12. The SMILES string of the molecule is C=Cc1ccc2cncnc2c1C=NC. The third-order valence-electron chi connectivity index (χ3n) is 2.23. The zero-order valence-electron chi connectivity index (χ0n) is 8.51. The maximum Gasteiger partial charge on any atom is 0.116 e. The molecule has 0 aliphatic heterocycles. The molecule has 0 radical (unpaired) electrons. The van der Waals surface area contributed by atoms with Crippen LogP contribution in [0.4, 0.5) is 0 Å². The summed E-state index contributed by atoms with van der Waals surface area (Å²) in [6, 6.07) is 3.98. The first-order chi connectivity index (χ1) is 7.36. The molecule has 1 heterocycles. The van der Waals surface area contributed by atoms with Crippen molar-refractivity contribution in [1.29, 1.82) is 0 Å². The van der Waals surface area contributed by atoms with E-state index in [1.165, 1.54) is 0 Å². The molecule has 15 heavy (non-hydrogen) atoms. The van der Waals surface area contributed by atoms with Gasteiger partial charge in [0.25, 0.3) is 0 Å². The van der Waals surface area contributed by atoms with Crippen LogP contribution in [-0.4, -0.2) is 23.2 Å². The summed E-state index contributed by atoms with van der Waals surface area (Å²) in [5, 5.41) is 1.01. The monoisotopic (exact) mass is 197 g/mol. The smallest absolute Gasteiger partial charge is 0.116 e. The first-order valence-electron chi connectivity index (χ1n) is 4.64. The molecular formula is C12H11N3. The minimum absolute atomic E-state index is 0.910. The largest absolute Gasteiger partial charge is 0.296 e. The predicted molar refractivity (Wildman–Crippen MR) is 63.1 cm³/mol. The van der Waals surface area contributed by atoms with E-state index in [-0.39, 0.29) is 0 Å². The van der Waals surface area contributed by atoms with Gasteiger partial charge in [-0.05, 0) is 5.56 Å². The van der Waals surface area contributed by atoms with E-state index in [0.717, 1.165) is 22.0 Å². The molecule has 0 atom stereocenters. The molecule has 0 spiro atoms. The van der Waals surface area contributed by atoms with Gasteiger partial charge in [-0.15, -0.1) is 0 Å². The molecule has 0 aliphatic rings. The number of fused-ring (bicyclic) bond motifs is 1. The van der Waals surface area contributed by atoms with Crippen molar-refractivity contribution in [2.45, 2.75) is 0 Å². The van der Waals surface area contributed by atoms with E-state index in [9.17, 15) is 0 Å². The van der Waals surface area contributed by atoms with Gasteiger partial charge < -0.3 is 0 Å². The Bertz CT molecular complexity index is 529. The van der Waals surface area contributed by atoms with Crippen LogP contribution in [0.1, 0.15) is 11.1 Å². The second-order valence-corrected chi connectivity index (χ2v) is 3.12. The Balaban J connectivity index is 2.84. The van der Waals surface area contributed by atoms with E-state index >= 15 is 0 Å². The van der Waals surface area contributed by atoms with Crippen LogP contribution in [0.25, 0.3) is 17.0 Å². The minimum Gasteiger partial charge on any atom is -0.296 e. The summed E-state index contributed by atoms with van der Waals surface area (Å²) < 4.78 is 0. The summed E-state index contributed by atoms with van der Waals surface area (Å²) in [4.78, 5) is 12.3. The third kappa shape index (κ3) is 1.64. The summed E-state index contributed by atoms with van der Waals surface area (Å²) in [6.45, 7) is 3.78. The molecule has 0 saturated heterocycles. The van der Waals surface area contributed by atoms with Gasteiger partial charge in [0.15, 0.2) is 0 Å². The third-order valence-corrected chi connectivity index (χ3v) is 2.23. The topological polar surface area (TPSA) is 38.1 Å². The van der Waals surface area contributed by atoms with Crippen LogP contribution in [-0.2, 0) is 0 Å². The van der Waals surface area contributed by atoms with E-state index in [0.29, 0.717) is 0 Å². The van der Waals surface area contributed by atoms with Gasteiger partial charge >= 0.3 is 0 Å². The Labute approximate surface area is 88.2 Å². The Morgan fingerprint density at radius 2 is 2.27 bits per heavy atom. The summed E-state index contributed by atoms with van der Waals surface area (Å²) >= 11 is 0. The maximum absolute atomic E-state index is 4.26. The lowest BCUT2D eigenvalue weighted by Crippen LogP contribution is -1.92. The first-order valence-corrected chi connectivity index (χ1v) is 4.64. The number of hydrogen-bond acceptors (Lipinski definition) is 3. The van der Waals surface area contributed by atoms with Gasteiger partial charge in [0.2, 0.25) is 0 Å². The van der Waals surface area contributed by atoms with Gasteiger partial charge in [-0.2, -0.15) is 0 Å². The number of aliphatic imine (C=N–C) groups is 1. The van der Waals surface area contributed by atoms with E-state index in [1.807, 2.05) is 12.1 Å². The Hall–Kier alpha value is -2.03. The van der Waals surface area contributed by atoms with Crippen molar-refractivity contribution < 1.29 is 0 Å². The zero-order chi connectivity index (χ0) is 10.7. The molecule has 0 fully saturated rings. The zero-order valence-corrected chi connectivity index (χ0v) is 8.51. The van der Waals surface area contributed by atoms with Gasteiger partial charge in [0.05, 0.1) is 5.52 Å². The fraction of sp³-hybridized carbons (Fsp3) is 0.0833. The Kier molecular flexibility index (Phi) is 2.54. The first kappa shape index (κ1) is 9.52. The molecule has 3 heteroatoms. The number of aromatic nitrogens is 2. The molecular weight excluding hydrogens is 186 g/mol. The predicted octanol–water partition coefficient (Wildman–Crippen LogP) is 2.32. The Morgan fingerprint density at radius 3 is 3.00 bits per heavy atom. The van der Waals surface area contributed by atoms with Gasteiger partial charge in [0, 0.05) is 30.4 Å². The van der Waals surface area contributed by atoms with Crippen molar-refractivity contribution in [3.63, 3.8) is 0 Å². The summed E-state index contributed by atoms with van der Waals surface area (Å²) in [5.74, 6) is 0. The lowest BCUT2D eigenvalue weighted by molar-refractivity contribution is 1.22. The van der Waals surface area contributed by atoms with E-state index < -0.39 is 0 Å². The van der Waals surface area contributed by atoms with Crippen molar-refractivity contribution >= 4 is 23.2 Å². The summed E-state index contributed by atoms with van der Waals surface area (Å²) in [7, 11) is 1.74. The summed E-state index contributed by atoms with van der Waals surface area (Å²) in [5.41, 5.74) is 2.94. The normalized spacial score (nSPS) is 11.0. The van der Waals surface area contributed by atoms with Crippen molar-refractivity contribution in [2.75, 3.05) is 7.05 Å². The molecule has 0 bridgehead atoms. The highest BCUT2D eigenvalue weighted by molar-refractivity contribution is 6.00. The molecule has 0 amide bonds. The number of benzene rings is 1. The van der Waals surface area contributed by atoms with Crippen molar-refractivity contribution in [3.8, 4) is 0 Å². The van der Waals surface area contributed by atoms with Crippen LogP contribution >= 0.6 is 0 Å². The van der Waals surface area contributed by atoms with Crippen molar-refractivity contribution in [1.82, 2.24) is 9.97 Å². The van der Waals surface area contributed by atoms with Crippen LogP contribution in [0.5, 0.6) is 0 Å². The van der Waals surface area contributed by atoms with E-state index in [1.54, 1.807) is 31.9 Å². The number of nitrogens with zero attached hydrogens (tertiary/aromatic N) is 3. The highest BCUT2D eigenvalue weighted by Crippen LogP contribution is 2.18. The molecule has 74 valence electrons. The van der Waals surface area contributed by atoms with Gasteiger partial charge in [-0.1, -0.05) is 24.8 Å². The molecule has 1 aromatic heterocycles. The van der Waals surface area contributed by atoms with Crippen LogP contribution in [0.15, 0.2) is 36.2 Å². The average molecular weight is 197 g/mol. The maximum atomic E-state index is 4.26. The highest BCUT2D eigenvalue weighted by Gasteiger charge is 2.03. The quantitative estimate of drug-likeness (QED) is 0.693. The fourth-order valence-corrected chi connectivity index (χ4v) is 1.54. The molecule has 0 aliphatic carbocycles. The molecule has 2 aromatic rings. The van der Waals surface area contributed by atoms with Gasteiger partial charge in [-0.3, -0.25) is 4.99 Å². The van der Waals surface area contributed by atoms with Crippen LogP contribution in [0, 0.1) is 0 Å². The molecule has 0 unspecified atom stereocenters. The standard InChI is InChI=1S/C12H11N3/c1-3-9-4-5-10-6-14-8-15-12(10)11(9)7-13-2/h3-8H,1H2,2H3. The highest BCUT2D eigenvalue weighted by atomic mass is 14.8. The number of rotatable bonds is 2. The average Bonchev–Trinajstić information content (AvgIpc) is 2.30. The van der Waals surface area contributed by atoms with E-state index in [4.69, 9.17) is 0 Å². The minimum atomic E-state index is 0.910. The van der Waals surface area contributed by atoms with Crippen LogP contribution < -0.4 is 0 Å². The number of hydrogen-bond donors (Lipinski definition) is 0. The van der Waals surface area contributed by atoms with Crippen molar-refractivity contribution in [3.05, 3.63) is 42.4 Å². The van der Waals surface area contributed by atoms with Gasteiger partial charge in [-0.25, -0.2) is 9.97 Å². The molecule has 2 rings (SSSR count). The van der Waals surface area contributed by atoms with E-state index in [2.05, 4.69) is 21.5 Å². The lowest BCUT2D eigenvalue weighted by atomic mass is 10.0. The van der Waals surface area contributed by atoms with Crippen LogP contribution in [0.3, 0.4) is 0 Å². The molecule has 1 aromatic carbocycles. The molecule has 0 saturated carbocycles.